The van der Waals surface area contributed by atoms with Crippen LogP contribution in [-0.4, -0.2) is 41.6 Å². The van der Waals surface area contributed by atoms with Gasteiger partial charge in [-0.25, -0.2) is 0 Å². The van der Waals surface area contributed by atoms with Crippen molar-refractivity contribution >= 4 is 5.91 Å². The lowest BCUT2D eigenvalue weighted by molar-refractivity contribution is 0.0755. The van der Waals surface area contributed by atoms with Crippen LogP contribution in [-0.2, 0) is 0 Å². The molecule has 0 unspecified atom stereocenters. The van der Waals surface area contributed by atoms with Gasteiger partial charge in [-0.2, -0.15) is 0 Å². The normalized spacial score (nSPS) is 21.3. The van der Waals surface area contributed by atoms with Crippen LogP contribution in [0.4, 0.5) is 0 Å². The first kappa shape index (κ1) is 10.8. The van der Waals surface area contributed by atoms with Crippen LogP contribution >= 0.6 is 0 Å². The van der Waals surface area contributed by atoms with Crippen molar-refractivity contribution < 1.29 is 4.79 Å². The van der Waals surface area contributed by atoms with Gasteiger partial charge in [0.05, 0.1) is 0 Å². The maximum absolute atomic E-state index is 12.4. The second-order valence-electron chi connectivity index (χ2n) is 4.93. The fourth-order valence-electron chi connectivity index (χ4n) is 2.46. The fraction of sp³-hybridized carbons (Fsp3) is 0.615. The van der Waals surface area contributed by atoms with Crippen LogP contribution in [0.3, 0.4) is 0 Å². The van der Waals surface area contributed by atoms with E-state index in [4.69, 9.17) is 0 Å². The molecule has 1 aromatic heterocycles. The molecular formula is C13H19N3O. The second-order valence-corrected chi connectivity index (χ2v) is 4.93. The molecule has 1 N–H and O–H groups in total. The third kappa shape index (κ3) is 2.22. The van der Waals surface area contributed by atoms with Gasteiger partial charge in [0.15, 0.2) is 0 Å². The molecule has 1 aliphatic carbocycles. The molecule has 4 nitrogen and oxygen atoms in total. The third-order valence-corrected chi connectivity index (χ3v) is 3.57. The molecule has 3 rings (SSSR count). The van der Waals surface area contributed by atoms with Crippen LogP contribution in [0.15, 0.2) is 18.3 Å². The number of nitrogens with zero attached hydrogens (tertiary/aromatic N) is 2. The Kier molecular flexibility index (Phi) is 2.89. The van der Waals surface area contributed by atoms with Crippen LogP contribution in [0.5, 0.6) is 0 Å². The van der Waals surface area contributed by atoms with Crippen molar-refractivity contribution in [1.29, 1.82) is 0 Å². The zero-order valence-electron chi connectivity index (χ0n) is 10.1. The van der Waals surface area contributed by atoms with Crippen LogP contribution < -0.4 is 5.32 Å². The van der Waals surface area contributed by atoms with Gasteiger partial charge in [0, 0.05) is 31.9 Å². The Hall–Kier alpha value is -1.29. The average Bonchev–Trinajstić information content (AvgIpc) is 3.12. The summed E-state index contributed by atoms with van der Waals surface area (Å²) in [5, 5.41) is 3.33. The van der Waals surface area contributed by atoms with E-state index in [0.29, 0.717) is 6.04 Å². The Balaban J connectivity index is 1.77. The maximum Gasteiger partial charge on any atom is 0.270 e. The van der Waals surface area contributed by atoms with Gasteiger partial charge in [0.2, 0.25) is 0 Å². The van der Waals surface area contributed by atoms with Crippen molar-refractivity contribution in [1.82, 2.24) is 14.8 Å². The molecule has 1 aromatic rings. The molecule has 4 heteroatoms. The van der Waals surface area contributed by atoms with E-state index >= 15 is 0 Å². The highest BCUT2D eigenvalue weighted by Gasteiger charge is 2.28. The summed E-state index contributed by atoms with van der Waals surface area (Å²) in [5.74, 6) is 0.200. The SMILES string of the molecule is O=C(c1cccn1C1CC1)N1CCCNCC1. The van der Waals surface area contributed by atoms with Gasteiger partial charge in [-0.15, -0.1) is 0 Å². The molecule has 1 aliphatic heterocycles. The van der Waals surface area contributed by atoms with Gasteiger partial charge in [0.1, 0.15) is 5.69 Å². The molecule has 0 radical (unpaired) electrons. The minimum Gasteiger partial charge on any atom is -0.340 e. The molecule has 1 saturated heterocycles. The number of nitrogens with one attached hydrogen (secondary N) is 1. The molecule has 1 saturated carbocycles. The largest absolute Gasteiger partial charge is 0.340 e. The van der Waals surface area contributed by atoms with E-state index in [-0.39, 0.29) is 5.91 Å². The number of carbonyl (C=O) groups is 1. The standard InChI is InChI=1S/C13H19N3O/c17-13(15-8-2-6-14-7-10-15)12-3-1-9-16(12)11-4-5-11/h1,3,9,11,14H,2,4-8,10H2. The minimum atomic E-state index is 0.200. The Morgan fingerprint density at radius 3 is 3.00 bits per heavy atom. The molecule has 2 heterocycles. The first-order valence-electron chi connectivity index (χ1n) is 6.53. The summed E-state index contributed by atoms with van der Waals surface area (Å²) in [5.41, 5.74) is 0.870. The van der Waals surface area contributed by atoms with Crippen LogP contribution in [0.25, 0.3) is 0 Å². The molecule has 92 valence electrons. The number of hydrogen-bond acceptors (Lipinski definition) is 2. The van der Waals surface area contributed by atoms with E-state index in [9.17, 15) is 4.79 Å². The zero-order chi connectivity index (χ0) is 11.7. The monoisotopic (exact) mass is 233 g/mol. The molecule has 1 amide bonds. The van der Waals surface area contributed by atoms with Crippen LogP contribution in [0.1, 0.15) is 35.8 Å². The van der Waals surface area contributed by atoms with E-state index in [0.717, 1.165) is 38.3 Å². The number of amides is 1. The summed E-state index contributed by atoms with van der Waals surface area (Å²) < 4.78 is 2.15. The second kappa shape index (κ2) is 4.53. The molecule has 0 bridgehead atoms. The molecule has 2 aliphatic rings. The molecule has 0 atom stereocenters. The molecule has 0 spiro atoms. The molecule has 2 fully saturated rings. The van der Waals surface area contributed by atoms with Crippen molar-refractivity contribution in [2.24, 2.45) is 0 Å². The van der Waals surface area contributed by atoms with Crippen LogP contribution in [0.2, 0.25) is 0 Å². The highest BCUT2D eigenvalue weighted by Crippen LogP contribution is 2.36. The summed E-state index contributed by atoms with van der Waals surface area (Å²) in [6.45, 7) is 3.64. The zero-order valence-corrected chi connectivity index (χ0v) is 10.1. The van der Waals surface area contributed by atoms with E-state index in [1.807, 2.05) is 23.2 Å². The average molecular weight is 233 g/mol. The van der Waals surface area contributed by atoms with Crippen molar-refractivity contribution in [2.45, 2.75) is 25.3 Å². The lowest BCUT2D eigenvalue weighted by Gasteiger charge is -2.20. The quantitative estimate of drug-likeness (QED) is 0.835. The summed E-state index contributed by atoms with van der Waals surface area (Å²) >= 11 is 0. The van der Waals surface area contributed by atoms with Gasteiger partial charge < -0.3 is 14.8 Å². The van der Waals surface area contributed by atoms with Gasteiger partial charge in [0.25, 0.3) is 5.91 Å². The van der Waals surface area contributed by atoms with Crippen molar-refractivity contribution in [3.63, 3.8) is 0 Å². The summed E-state index contributed by atoms with van der Waals surface area (Å²) in [7, 11) is 0. The Morgan fingerprint density at radius 2 is 2.18 bits per heavy atom. The maximum atomic E-state index is 12.4. The number of aromatic nitrogens is 1. The third-order valence-electron chi connectivity index (χ3n) is 3.57. The minimum absolute atomic E-state index is 0.200. The smallest absolute Gasteiger partial charge is 0.270 e. The fourth-order valence-corrected chi connectivity index (χ4v) is 2.46. The lowest BCUT2D eigenvalue weighted by Crippen LogP contribution is -2.35. The summed E-state index contributed by atoms with van der Waals surface area (Å²) in [4.78, 5) is 14.4. The topological polar surface area (TPSA) is 37.3 Å². The molecule has 0 aromatic carbocycles. The highest BCUT2D eigenvalue weighted by molar-refractivity contribution is 5.92. The number of hydrogen-bond donors (Lipinski definition) is 1. The Morgan fingerprint density at radius 1 is 1.29 bits per heavy atom. The van der Waals surface area contributed by atoms with Gasteiger partial charge >= 0.3 is 0 Å². The Labute approximate surface area is 102 Å². The van der Waals surface area contributed by atoms with E-state index < -0.39 is 0 Å². The molecular weight excluding hydrogens is 214 g/mol. The van der Waals surface area contributed by atoms with Crippen LogP contribution in [0, 0.1) is 0 Å². The highest BCUT2D eigenvalue weighted by atomic mass is 16.2. The predicted octanol–water partition coefficient (Wildman–Crippen LogP) is 1.26. The predicted molar refractivity (Wildman–Crippen MR) is 66.1 cm³/mol. The first-order chi connectivity index (χ1) is 8.36. The van der Waals surface area contributed by atoms with Gasteiger partial charge in [-0.1, -0.05) is 0 Å². The summed E-state index contributed by atoms with van der Waals surface area (Å²) in [6, 6.07) is 4.52. The van der Waals surface area contributed by atoms with E-state index in [1.54, 1.807) is 0 Å². The van der Waals surface area contributed by atoms with Crippen molar-refractivity contribution in [2.75, 3.05) is 26.2 Å². The van der Waals surface area contributed by atoms with Crippen molar-refractivity contribution in [3.8, 4) is 0 Å². The Bertz CT molecular complexity index is 401. The lowest BCUT2D eigenvalue weighted by atomic mass is 10.3. The summed E-state index contributed by atoms with van der Waals surface area (Å²) in [6.07, 6.45) is 5.53. The van der Waals surface area contributed by atoms with E-state index in [1.165, 1.54) is 12.8 Å². The van der Waals surface area contributed by atoms with Crippen molar-refractivity contribution in [3.05, 3.63) is 24.0 Å². The van der Waals surface area contributed by atoms with Gasteiger partial charge in [-0.3, -0.25) is 4.79 Å². The number of rotatable bonds is 2. The van der Waals surface area contributed by atoms with E-state index in [2.05, 4.69) is 9.88 Å². The molecule has 17 heavy (non-hydrogen) atoms. The first-order valence-corrected chi connectivity index (χ1v) is 6.53. The van der Waals surface area contributed by atoms with Gasteiger partial charge in [-0.05, 0) is 37.9 Å². The number of carbonyl (C=O) groups excluding carboxylic acids is 1.